The molecule has 2 N–H and O–H groups in total. The smallest absolute Gasteiger partial charge is 0.328 e. The van der Waals surface area contributed by atoms with Crippen LogP contribution in [0.15, 0.2) is 11.6 Å². The van der Waals surface area contributed by atoms with E-state index in [1.54, 1.807) is 0 Å². The van der Waals surface area contributed by atoms with Gasteiger partial charge in [-0.15, -0.1) is 0 Å². The van der Waals surface area contributed by atoms with Crippen molar-refractivity contribution in [2.45, 2.75) is 20.3 Å². The summed E-state index contributed by atoms with van der Waals surface area (Å²) in [5, 5.41) is 0. The summed E-state index contributed by atoms with van der Waals surface area (Å²) >= 11 is 0. The third kappa shape index (κ3) is 1.53. The molecule has 0 aromatic rings. The minimum Gasteiger partial charge on any atom is -0.351 e. The average Bonchev–Trinajstić information content (AvgIpc) is 2.40. The Labute approximate surface area is 81.5 Å². The van der Waals surface area contributed by atoms with E-state index < -0.39 is 17.8 Å². The molecule has 76 valence electrons. The molecule has 0 saturated carbocycles. The van der Waals surface area contributed by atoms with Gasteiger partial charge >= 0.3 is 6.03 Å². The summed E-state index contributed by atoms with van der Waals surface area (Å²) in [5.41, 5.74) is 5.25. The largest absolute Gasteiger partial charge is 0.351 e. The Kier molecular flexibility index (Phi) is 2.69. The monoisotopic (exact) mass is 196 g/mol. The lowest BCUT2D eigenvalue weighted by Gasteiger charge is -2.11. The molecule has 0 aliphatic carbocycles. The number of nitrogens with zero attached hydrogens (tertiary/aromatic N) is 1. The standard InChI is InChI=1S/C9H12N2O3/c1-3-5(2)6-4-7(12)11(8(6)13)9(10)14/h4-5H,3H2,1-2H3,(H2,10,14). The van der Waals surface area contributed by atoms with E-state index in [1.165, 1.54) is 6.08 Å². The van der Waals surface area contributed by atoms with Crippen molar-refractivity contribution in [3.05, 3.63) is 11.6 Å². The molecule has 0 saturated heterocycles. The van der Waals surface area contributed by atoms with Gasteiger partial charge in [-0.25, -0.2) is 4.79 Å². The number of hydrogen-bond donors (Lipinski definition) is 1. The van der Waals surface area contributed by atoms with Gasteiger partial charge in [0.2, 0.25) is 0 Å². The van der Waals surface area contributed by atoms with Crippen molar-refractivity contribution in [1.29, 1.82) is 0 Å². The van der Waals surface area contributed by atoms with Crippen LogP contribution in [-0.2, 0) is 9.59 Å². The van der Waals surface area contributed by atoms with Gasteiger partial charge in [-0.1, -0.05) is 13.8 Å². The molecular weight excluding hydrogens is 184 g/mol. The minimum absolute atomic E-state index is 0.0317. The zero-order valence-corrected chi connectivity index (χ0v) is 8.11. The third-order valence-electron chi connectivity index (χ3n) is 2.31. The fourth-order valence-electron chi connectivity index (χ4n) is 1.27. The summed E-state index contributed by atoms with van der Waals surface area (Å²) in [6.45, 7) is 3.72. The maximum Gasteiger partial charge on any atom is 0.328 e. The fraction of sp³-hybridized carbons (Fsp3) is 0.444. The molecule has 4 amide bonds. The van der Waals surface area contributed by atoms with Crippen LogP contribution >= 0.6 is 0 Å². The molecule has 0 aromatic heterocycles. The van der Waals surface area contributed by atoms with Crippen LogP contribution < -0.4 is 5.73 Å². The lowest BCUT2D eigenvalue weighted by molar-refractivity contribution is -0.133. The molecule has 1 aliphatic heterocycles. The van der Waals surface area contributed by atoms with E-state index in [1.807, 2.05) is 13.8 Å². The summed E-state index contributed by atoms with van der Waals surface area (Å²) in [5.74, 6) is -1.26. The first-order valence-corrected chi connectivity index (χ1v) is 4.38. The Morgan fingerprint density at radius 3 is 2.50 bits per heavy atom. The highest BCUT2D eigenvalue weighted by atomic mass is 16.2. The fourth-order valence-corrected chi connectivity index (χ4v) is 1.27. The number of urea groups is 1. The lowest BCUT2D eigenvalue weighted by Crippen LogP contribution is -2.41. The molecule has 1 unspecified atom stereocenters. The number of carbonyl (C=O) groups excluding carboxylic acids is 3. The Balaban J connectivity index is 2.95. The molecule has 0 bridgehead atoms. The summed E-state index contributed by atoms with van der Waals surface area (Å²) in [7, 11) is 0. The van der Waals surface area contributed by atoms with Gasteiger partial charge in [0.1, 0.15) is 0 Å². The zero-order valence-electron chi connectivity index (χ0n) is 8.11. The Bertz CT molecular complexity index is 333. The minimum atomic E-state index is -1.02. The molecule has 5 heteroatoms. The molecule has 14 heavy (non-hydrogen) atoms. The van der Waals surface area contributed by atoms with E-state index in [4.69, 9.17) is 5.73 Å². The van der Waals surface area contributed by atoms with Crippen LogP contribution in [0.2, 0.25) is 0 Å². The molecular formula is C9H12N2O3. The predicted octanol–water partition coefficient (Wildman–Crippen LogP) is 0.406. The maximum absolute atomic E-state index is 11.5. The molecule has 1 atom stereocenters. The van der Waals surface area contributed by atoms with Gasteiger partial charge in [-0.2, -0.15) is 4.90 Å². The molecule has 1 rings (SSSR count). The second-order valence-electron chi connectivity index (χ2n) is 3.23. The number of carbonyl (C=O) groups is 3. The lowest BCUT2D eigenvalue weighted by atomic mass is 9.99. The van der Waals surface area contributed by atoms with Crippen LogP contribution in [0.25, 0.3) is 0 Å². The first-order valence-electron chi connectivity index (χ1n) is 4.38. The number of nitrogens with two attached hydrogens (primary N) is 1. The molecule has 0 aromatic carbocycles. The Hall–Kier alpha value is -1.65. The number of imide groups is 3. The van der Waals surface area contributed by atoms with E-state index in [9.17, 15) is 14.4 Å². The van der Waals surface area contributed by atoms with Gasteiger partial charge in [0.15, 0.2) is 0 Å². The number of rotatable bonds is 2. The van der Waals surface area contributed by atoms with Crippen molar-refractivity contribution in [3.8, 4) is 0 Å². The Morgan fingerprint density at radius 1 is 1.57 bits per heavy atom. The third-order valence-corrected chi connectivity index (χ3v) is 2.31. The van der Waals surface area contributed by atoms with Crippen LogP contribution in [0.3, 0.4) is 0 Å². The van der Waals surface area contributed by atoms with Gasteiger partial charge in [0.05, 0.1) is 0 Å². The van der Waals surface area contributed by atoms with Gasteiger partial charge in [-0.05, 0) is 12.3 Å². The molecule has 1 aliphatic rings. The van der Waals surface area contributed by atoms with E-state index in [0.29, 0.717) is 10.5 Å². The summed E-state index contributed by atoms with van der Waals surface area (Å²) in [6, 6.07) is -1.02. The first kappa shape index (κ1) is 10.4. The van der Waals surface area contributed by atoms with Crippen molar-refractivity contribution < 1.29 is 14.4 Å². The molecule has 0 fully saturated rings. The molecule has 0 spiro atoms. The summed E-state index contributed by atoms with van der Waals surface area (Å²) < 4.78 is 0. The molecule has 0 radical (unpaired) electrons. The Morgan fingerprint density at radius 2 is 2.14 bits per heavy atom. The average molecular weight is 196 g/mol. The highest BCUT2D eigenvalue weighted by Crippen LogP contribution is 2.22. The number of amides is 4. The van der Waals surface area contributed by atoms with Crippen molar-refractivity contribution in [2.75, 3.05) is 0 Å². The second-order valence-corrected chi connectivity index (χ2v) is 3.23. The van der Waals surface area contributed by atoms with Gasteiger partial charge < -0.3 is 5.73 Å². The number of primary amides is 1. The van der Waals surface area contributed by atoms with E-state index >= 15 is 0 Å². The first-order chi connectivity index (χ1) is 6.49. The zero-order chi connectivity index (χ0) is 10.9. The maximum atomic E-state index is 11.5. The van der Waals surface area contributed by atoms with E-state index in [0.717, 1.165) is 6.42 Å². The quantitative estimate of drug-likeness (QED) is 0.649. The topological polar surface area (TPSA) is 80.5 Å². The SMILES string of the molecule is CCC(C)C1=CC(=O)N(C(N)=O)C1=O. The normalized spacial score (nSPS) is 18.4. The second kappa shape index (κ2) is 3.61. The van der Waals surface area contributed by atoms with Gasteiger partial charge in [0.25, 0.3) is 11.8 Å². The predicted molar refractivity (Wildman–Crippen MR) is 49.0 cm³/mol. The van der Waals surface area contributed by atoms with Crippen molar-refractivity contribution >= 4 is 17.8 Å². The van der Waals surface area contributed by atoms with Crippen LogP contribution in [-0.4, -0.2) is 22.7 Å². The van der Waals surface area contributed by atoms with Gasteiger partial charge in [0, 0.05) is 11.6 Å². The molecule has 1 heterocycles. The summed E-state index contributed by atoms with van der Waals surface area (Å²) in [6.07, 6.45) is 1.92. The van der Waals surface area contributed by atoms with Crippen molar-refractivity contribution in [1.82, 2.24) is 4.90 Å². The van der Waals surface area contributed by atoms with Crippen molar-refractivity contribution in [2.24, 2.45) is 11.7 Å². The van der Waals surface area contributed by atoms with Crippen LogP contribution in [0.5, 0.6) is 0 Å². The van der Waals surface area contributed by atoms with Crippen LogP contribution in [0.1, 0.15) is 20.3 Å². The van der Waals surface area contributed by atoms with Crippen LogP contribution in [0, 0.1) is 5.92 Å². The summed E-state index contributed by atoms with van der Waals surface area (Å²) in [4.78, 5) is 33.9. The molecule has 5 nitrogen and oxygen atoms in total. The van der Waals surface area contributed by atoms with E-state index in [2.05, 4.69) is 0 Å². The van der Waals surface area contributed by atoms with Crippen molar-refractivity contribution in [3.63, 3.8) is 0 Å². The van der Waals surface area contributed by atoms with Crippen LogP contribution in [0.4, 0.5) is 4.79 Å². The highest BCUT2D eigenvalue weighted by molar-refractivity contribution is 6.24. The van der Waals surface area contributed by atoms with Gasteiger partial charge in [-0.3, -0.25) is 9.59 Å². The number of hydrogen-bond acceptors (Lipinski definition) is 3. The highest BCUT2D eigenvalue weighted by Gasteiger charge is 2.36. The van der Waals surface area contributed by atoms with E-state index in [-0.39, 0.29) is 5.92 Å².